The highest BCUT2D eigenvalue weighted by molar-refractivity contribution is 7.99. The Morgan fingerprint density at radius 2 is 1.71 bits per heavy atom. The summed E-state index contributed by atoms with van der Waals surface area (Å²) in [5, 5.41) is 9.08. The zero-order valence-corrected chi connectivity index (χ0v) is 16.8. The first-order chi connectivity index (χ1) is 13.6. The van der Waals surface area contributed by atoms with Gasteiger partial charge in [0.1, 0.15) is 5.82 Å². The van der Waals surface area contributed by atoms with Crippen LogP contribution in [-0.2, 0) is 11.3 Å². The summed E-state index contributed by atoms with van der Waals surface area (Å²) in [4.78, 5) is 14.1. The first-order valence-corrected chi connectivity index (χ1v) is 10.2. The molecular weight excluding hydrogens is 375 g/mol. The van der Waals surface area contributed by atoms with Crippen LogP contribution in [-0.4, -0.2) is 44.4 Å². The predicted molar refractivity (Wildman–Crippen MR) is 110 cm³/mol. The summed E-state index contributed by atoms with van der Waals surface area (Å²) < 4.78 is 16.2. The van der Waals surface area contributed by atoms with Gasteiger partial charge in [-0.2, -0.15) is 0 Å². The molecule has 0 bridgehead atoms. The van der Waals surface area contributed by atoms with E-state index < -0.39 is 0 Å². The van der Waals surface area contributed by atoms with E-state index in [9.17, 15) is 9.18 Å². The number of amides is 1. The third-order valence-corrected chi connectivity index (χ3v) is 5.41. The van der Waals surface area contributed by atoms with Gasteiger partial charge in [0.05, 0.1) is 17.9 Å². The monoisotopic (exact) mass is 398 g/mol. The van der Waals surface area contributed by atoms with Crippen LogP contribution in [0.25, 0.3) is 11.4 Å². The molecule has 1 heterocycles. The normalized spacial score (nSPS) is 10.8. The number of hydrogen-bond acceptors (Lipinski definition) is 4. The van der Waals surface area contributed by atoms with Crippen molar-refractivity contribution in [2.45, 2.75) is 25.5 Å². The molecule has 0 spiro atoms. The van der Waals surface area contributed by atoms with Gasteiger partial charge in [-0.3, -0.25) is 9.36 Å². The highest BCUT2D eigenvalue weighted by Gasteiger charge is 2.19. The molecule has 0 N–H and O–H groups in total. The number of nitrogens with zero attached hydrogens (tertiary/aromatic N) is 4. The van der Waals surface area contributed by atoms with Crippen molar-refractivity contribution in [3.05, 3.63) is 66.0 Å². The Labute approximate surface area is 168 Å². The smallest absolute Gasteiger partial charge is 0.233 e. The van der Waals surface area contributed by atoms with Gasteiger partial charge >= 0.3 is 0 Å². The molecule has 0 aliphatic carbocycles. The number of thioether (sulfide) groups is 1. The minimum Gasteiger partial charge on any atom is -0.343 e. The van der Waals surface area contributed by atoms with Crippen molar-refractivity contribution in [1.82, 2.24) is 19.7 Å². The fourth-order valence-corrected chi connectivity index (χ4v) is 3.78. The molecule has 0 atom stereocenters. The van der Waals surface area contributed by atoms with Crippen LogP contribution in [0.5, 0.6) is 0 Å². The van der Waals surface area contributed by atoms with Crippen molar-refractivity contribution >= 4 is 17.7 Å². The molecule has 7 heteroatoms. The minimum absolute atomic E-state index is 0.0525. The van der Waals surface area contributed by atoms with Gasteiger partial charge in [0.2, 0.25) is 5.91 Å². The molecule has 1 aromatic heterocycles. The Bertz CT molecular complexity index is 925. The lowest BCUT2D eigenvalue weighted by atomic mass is 10.2. The maximum atomic E-state index is 14.4. The highest BCUT2D eigenvalue weighted by atomic mass is 32.2. The van der Waals surface area contributed by atoms with Crippen LogP contribution in [0.4, 0.5) is 4.39 Å². The topological polar surface area (TPSA) is 51.0 Å². The standard InChI is InChI=1S/C21H23FN4OS/c1-3-25(4-2)19(27)15-28-21-24-23-20(17-12-8-9-13-18(17)22)26(21)14-16-10-6-5-7-11-16/h5-13H,3-4,14-15H2,1-2H3. The zero-order valence-electron chi connectivity index (χ0n) is 16.0. The minimum atomic E-state index is -0.347. The molecule has 1 amide bonds. The van der Waals surface area contributed by atoms with Crippen molar-refractivity contribution in [2.75, 3.05) is 18.8 Å². The summed E-state index contributed by atoms with van der Waals surface area (Å²) in [5.74, 6) is 0.433. The van der Waals surface area contributed by atoms with E-state index >= 15 is 0 Å². The van der Waals surface area contributed by atoms with Crippen LogP contribution in [0, 0.1) is 5.82 Å². The number of rotatable bonds is 8. The average Bonchev–Trinajstić information content (AvgIpc) is 3.10. The number of carbonyl (C=O) groups excluding carboxylic acids is 1. The van der Waals surface area contributed by atoms with Gasteiger partial charge in [0, 0.05) is 13.1 Å². The molecule has 3 rings (SSSR count). The lowest BCUT2D eigenvalue weighted by Gasteiger charge is -2.18. The SMILES string of the molecule is CCN(CC)C(=O)CSc1nnc(-c2ccccc2F)n1Cc1ccccc1. The average molecular weight is 399 g/mol. The molecule has 0 saturated heterocycles. The molecule has 146 valence electrons. The van der Waals surface area contributed by atoms with Gasteiger partial charge in [-0.1, -0.05) is 54.2 Å². The third kappa shape index (κ3) is 4.59. The fraction of sp³-hybridized carbons (Fsp3) is 0.286. The van der Waals surface area contributed by atoms with E-state index in [4.69, 9.17) is 0 Å². The van der Waals surface area contributed by atoms with Crippen molar-refractivity contribution in [2.24, 2.45) is 0 Å². The molecular formula is C21H23FN4OS. The number of benzene rings is 2. The van der Waals surface area contributed by atoms with Gasteiger partial charge in [-0.15, -0.1) is 10.2 Å². The van der Waals surface area contributed by atoms with E-state index in [1.54, 1.807) is 23.1 Å². The lowest BCUT2D eigenvalue weighted by molar-refractivity contribution is -0.127. The third-order valence-electron chi connectivity index (χ3n) is 4.46. The molecule has 0 radical (unpaired) electrons. The van der Waals surface area contributed by atoms with Crippen LogP contribution in [0.2, 0.25) is 0 Å². The maximum Gasteiger partial charge on any atom is 0.233 e. The Hall–Kier alpha value is -2.67. The second-order valence-electron chi connectivity index (χ2n) is 6.21. The van der Waals surface area contributed by atoms with Crippen molar-refractivity contribution in [3.63, 3.8) is 0 Å². The molecule has 0 fully saturated rings. The molecule has 2 aromatic carbocycles. The molecule has 0 unspecified atom stereocenters. The first-order valence-electron chi connectivity index (χ1n) is 9.26. The van der Waals surface area contributed by atoms with Gasteiger partial charge in [0.25, 0.3) is 0 Å². The molecule has 5 nitrogen and oxygen atoms in total. The van der Waals surface area contributed by atoms with Gasteiger partial charge in [-0.25, -0.2) is 4.39 Å². The Morgan fingerprint density at radius 1 is 1.04 bits per heavy atom. The molecule has 3 aromatic rings. The number of carbonyl (C=O) groups is 1. The summed E-state index contributed by atoms with van der Waals surface area (Å²) in [6.45, 7) is 5.76. The largest absolute Gasteiger partial charge is 0.343 e. The van der Waals surface area contributed by atoms with Crippen molar-refractivity contribution in [3.8, 4) is 11.4 Å². The Morgan fingerprint density at radius 3 is 2.39 bits per heavy atom. The summed E-state index contributed by atoms with van der Waals surface area (Å²) in [6, 6.07) is 16.4. The number of hydrogen-bond donors (Lipinski definition) is 0. The molecule has 0 aliphatic rings. The summed E-state index contributed by atoms with van der Waals surface area (Å²) in [7, 11) is 0. The second-order valence-corrected chi connectivity index (χ2v) is 7.15. The molecule has 28 heavy (non-hydrogen) atoms. The van der Waals surface area contributed by atoms with Crippen LogP contribution < -0.4 is 0 Å². The second kappa shape index (κ2) is 9.50. The van der Waals surface area contributed by atoms with Crippen LogP contribution in [0.1, 0.15) is 19.4 Å². The molecule has 0 saturated carbocycles. The van der Waals surface area contributed by atoms with E-state index in [1.165, 1.54) is 17.8 Å². The van der Waals surface area contributed by atoms with Crippen LogP contribution in [0.15, 0.2) is 59.8 Å². The summed E-state index contributed by atoms with van der Waals surface area (Å²) in [6.07, 6.45) is 0. The highest BCUT2D eigenvalue weighted by Crippen LogP contribution is 2.27. The van der Waals surface area contributed by atoms with E-state index in [0.717, 1.165) is 5.56 Å². The number of halogens is 1. The van der Waals surface area contributed by atoms with Crippen LogP contribution >= 0.6 is 11.8 Å². The van der Waals surface area contributed by atoms with E-state index in [0.29, 0.717) is 36.2 Å². The van der Waals surface area contributed by atoms with Gasteiger partial charge in [0.15, 0.2) is 11.0 Å². The summed E-state index contributed by atoms with van der Waals surface area (Å²) >= 11 is 1.33. The Balaban J connectivity index is 1.91. The van der Waals surface area contributed by atoms with Crippen molar-refractivity contribution < 1.29 is 9.18 Å². The van der Waals surface area contributed by atoms with E-state index in [-0.39, 0.29) is 17.5 Å². The lowest BCUT2D eigenvalue weighted by Crippen LogP contribution is -2.31. The van der Waals surface area contributed by atoms with E-state index in [2.05, 4.69) is 10.2 Å². The summed E-state index contributed by atoms with van der Waals surface area (Å²) in [5.41, 5.74) is 1.45. The predicted octanol–water partition coefficient (Wildman–Crippen LogP) is 4.09. The Kier molecular flexibility index (Phi) is 6.81. The van der Waals surface area contributed by atoms with E-state index in [1.807, 2.05) is 48.7 Å². The van der Waals surface area contributed by atoms with Gasteiger partial charge < -0.3 is 4.90 Å². The maximum absolute atomic E-state index is 14.4. The van der Waals surface area contributed by atoms with Crippen LogP contribution in [0.3, 0.4) is 0 Å². The van der Waals surface area contributed by atoms with Crippen molar-refractivity contribution in [1.29, 1.82) is 0 Å². The van der Waals surface area contributed by atoms with Gasteiger partial charge in [-0.05, 0) is 31.5 Å². The molecule has 0 aliphatic heterocycles. The first kappa shape index (κ1) is 20.1. The quantitative estimate of drug-likeness (QED) is 0.536. The number of aromatic nitrogens is 3. The fourth-order valence-electron chi connectivity index (χ4n) is 2.94. The zero-order chi connectivity index (χ0) is 19.9.